The largest absolute Gasteiger partial charge is 0.388 e. The lowest BCUT2D eigenvalue weighted by Gasteiger charge is -2.15. The van der Waals surface area contributed by atoms with Gasteiger partial charge in [-0.15, -0.1) is 0 Å². The summed E-state index contributed by atoms with van der Waals surface area (Å²) in [6, 6.07) is 23.4. The van der Waals surface area contributed by atoms with Crippen molar-refractivity contribution in [2.75, 3.05) is 0 Å². The van der Waals surface area contributed by atoms with Crippen LogP contribution in [-0.4, -0.2) is 15.1 Å². The van der Waals surface area contributed by atoms with Crippen LogP contribution in [0.5, 0.6) is 0 Å². The second-order valence-electron chi connectivity index (χ2n) is 6.13. The molecule has 0 aliphatic rings. The van der Waals surface area contributed by atoms with E-state index in [4.69, 9.17) is 0 Å². The zero-order valence-corrected chi connectivity index (χ0v) is 15.3. The van der Waals surface area contributed by atoms with Crippen LogP contribution < -0.4 is 0 Å². The number of aryl methyl sites for hydroxylation is 1. The molecule has 0 radical (unpaired) electrons. The summed E-state index contributed by atoms with van der Waals surface area (Å²) in [6.07, 6.45) is -1.06. The van der Waals surface area contributed by atoms with Gasteiger partial charge >= 0.3 is 0 Å². The van der Waals surface area contributed by atoms with Gasteiger partial charge in [-0.25, -0.2) is 4.21 Å². The fraction of sp³-hybridized carbons (Fsp3) is 0.136. The zero-order valence-electron chi connectivity index (χ0n) is 14.5. The maximum absolute atomic E-state index is 13.0. The Morgan fingerprint density at radius 1 is 0.923 bits per heavy atom. The topological polar surface area (TPSA) is 54.4 Å². The van der Waals surface area contributed by atoms with Crippen molar-refractivity contribution < 1.29 is 14.1 Å². The van der Waals surface area contributed by atoms with Crippen molar-refractivity contribution in [3.05, 3.63) is 95.6 Å². The number of Topliss-reactive ketones (excluding diaryl/α,β-unsaturated/α-hetero) is 1. The maximum Gasteiger partial charge on any atom is 0.165 e. The fourth-order valence-corrected chi connectivity index (χ4v) is 4.00. The molecule has 0 aliphatic heterocycles. The molecule has 0 aliphatic carbocycles. The van der Waals surface area contributed by atoms with Crippen LogP contribution >= 0.6 is 0 Å². The van der Waals surface area contributed by atoms with Crippen molar-refractivity contribution in [1.82, 2.24) is 0 Å². The minimum atomic E-state index is -1.42. The fourth-order valence-electron chi connectivity index (χ4n) is 2.74. The van der Waals surface area contributed by atoms with Crippen LogP contribution in [0, 0.1) is 6.92 Å². The molecule has 0 saturated carbocycles. The molecule has 4 heteroatoms. The first kappa shape index (κ1) is 18.2. The number of carbonyl (C=O) groups excluding carboxylic acids is 1. The molecule has 0 heterocycles. The Bertz CT molecular complexity index is 918. The molecule has 1 N–H and O–H groups in total. The highest BCUT2D eigenvalue weighted by Crippen LogP contribution is 2.28. The van der Waals surface area contributed by atoms with Crippen LogP contribution in [-0.2, 0) is 10.8 Å². The first-order valence-electron chi connectivity index (χ1n) is 8.40. The Morgan fingerprint density at radius 3 is 2.23 bits per heavy atom. The van der Waals surface area contributed by atoms with Gasteiger partial charge in [0.25, 0.3) is 0 Å². The van der Waals surface area contributed by atoms with E-state index in [2.05, 4.69) is 0 Å². The highest BCUT2D eigenvalue weighted by Gasteiger charge is 2.20. The van der Waals surface area contributed by atoms with Gasteiger partial charge in [0.1, 0.15) is 0 Å². The smallest absolute Gasteiger partial charge is 0.165 e. The Morgan fingerprint density at radius 2 is 1.54 bits per heavy atom. The number of hydrogen-bond acceptors (Lipinski definition) is 3. The van der Waals surface area contributed by atoms with Crippen molar-refractivity contribution in [2.24, 2.45) is 0 Å². The van der Waals surface area contributed by atoms with Crippen molar-refractivity contribution in [3.8, 4) is 0 Å². The number of ketones is 1. The van der Waals surface area contributed by atoms with E-state index in [0.717, 1.165) is 5.56 Å². The Labute approximate surface area is 155 Å². The summed E-state index contributed by atoms with van der Waals surface area (Å²) in [5.41, 5.74) is 2.17. The second kappa shape index (κ2) is 8.21. The Kier molecular flexibility index (Phi) is 5.76. The summed E-state index contributed by atoms with van der Waals surface area (Å²) in [5.74, 6) is -0.144. The average molecular weight is 364 g/mol. The van der Waals surface area contributed by atoms with E-state index in [1.807, 2.05) is 37.3 Å². The summed E-state index contributed by atoms with van der Waals surface area (Å²) >= 11 is 0. The summed E-state index contributed by atoms with van der Waals surface area (Å²) < 4.78 is 13.0. The van der Waals surface area contributed by atoms with Gasteiger partial charge in [-0.1, -0.05) is 66.2 Å². The third kappa shape index (κ3) is 4.15. The quantitative estimate of drug-likeness (QED) is 0.657. The van der Waals surface area contributed by atoms with Crippen LogP contribution in [0.1, 0.15) is 34.0 Å². The molecule has 3 aromatic carbocycles. The van der Waals surface area contributed by atoms with Gasteiger partial charge in [0, 0.05) is 21.8 Å². The predicted molar refractivity (Wildman–Crippen MR) is 103 cm³/mol. The molecule has 0 bridgehead atoms. The summed E-state index contributed by atoms with van der Waals surface area (Å²) in [4.78, 5) is 13.6. The number of carbonyl (C=O) groups is 1. The van der Waals surface area contributed by atoms with Gasteiger partial charge in [0.05, 0.1) is 16.9 Å². The lowest BCUT2D eigenvalue weighted by molar-refractivity contribution is 0.0876. The van der Waals surface area contributed by atoms with Gasteiger partial charge in [0.15, 0.2) is 5.78 Å². The van der Waals surface area contributed by atoms with Crippen molar-refractivity contribution in [2.45, 2.75) is 29.2 Å². The molecule has 0 amide bonds. The minimum absolute atomic E-state index is 0.0495. The molecule has 0 aromatic heterocycles. The monoisotopic (exact) mass is 364 g/mol. The lowest BCUT2D eigenvalue weighted by atomic mass is 10.0. The Balaban J connectivity index is 1.85. The number of benzene rings is 3. The Hall–Kier alpha value is -2.56. The van der Waals surface area contributed by atoms with E-state index in [9.17, 15) is 14.1 Å². The molecule has 0 fully saturated rings. The van der Waals surface area contributed by atoms with Gasteiger partial charge in [-0.05, 0) is 30.7 Å². The molecule has 0 saturated heterocycles. The summed E-state index contributed by atoms with van der Waals surface area (Å²) in [6.45, 7) is 1.97. The molecule has 0 spiro atoms. The summed E-state index contributed by atoms with van der Waals surface area (Å²) in [5, 5.41) is 10.6. The van der Waals surface area contributed by atoms with E-state index in [1.165, 1.54) is 0 Å². The van der Waals surface area contributed by atoms with Crippen molar-refractivity contribution >= 4 is 16.6 Å². The normalized spacial score (nSPS) is 13.2. The highest BCUT2D eigenvalue weighted by atomic mass is 32.2. The van der Waals surface area contributed by atoms with Crippen LogP contribution in [0.3, 0.4) is 0 Å². The molecule has 26 heavy (non-hydrogen) atoms. The zero-order chi connectivity index (χ0) is 18.5. The molecule has 3 nitrogen and oxygen atoms in total. The number of aliphatic hydroxyl groups is 1. The maximum atomic E-state index is 13.0. The highest BCUT2D eigenvalue weighted by molar-refractivity contribution is 7.85. The van der Waals surface area contributed by atoms with E-state index in [-0.39, 0.29) is 12.2 Å². The molecular formula is C22H20O3S. The van der Waals surface area contributed by atoms with E-state index < -0.39 is 16.9 Å². The third-order valence-corrected chi connectivity index (χ3v) is 5.66. The molecular weight excluding hydrogens is 344 g/mol. The number of aliphatic hydroxyl groups excluding tert-OH is 1. The number of rotatable bonds is 6. The van der Waals surface area contributed by atoms with Gasteiger partial charge in [0.2, 0.25) is 0 Å². The summed E-state index contributed by atoms with van der Waals surface area (Å²) in [7, 11) is -1.42. The lowest BCUT2D eigenvalue weighted by Crippen LogP contribution is -2.10. The van der Waals surface area contributed by atoms with Crippen LogP contribution in [0.2, 0.25) is 0 Å². The van der Waals surface area contributed by atoms with Crippen LogP contribution in [0.25, 0.3) is 0 Å². The van der Waals surface area contributed by atoms with Gasteiger partial charge < -0.3 is 5.11 Å². The predicted octanol–water partition coefficient (Wildman–Crippen LogP) is 4.47. The van der Waals surface area contributed by atoms with Gasteiger partial charge in [-0.3, -0.25) is 4.79 Å². The third-order valence-electron chi connectivity index (χ3n) is 4.19. The first-order valence-corrected chi connectivity index (χ1v) is 9.55. The van der Waals surface area contributed by atoms with Crippen LogP contribution in [0.15, 0.2) is 88.7 Å². The van der Waals surface area contributed by atoms with E-state index >= 15 is 0 Å². The molecule has 3 aromatic rings. The van der Waals surface area contributed by atoms with Crippen LogP contribution in [0.4, 0.5) is 0 Å². The molecule has 2 atom stereocenters. The minimum Gasteiger partial charge on any atom is -0.388 e. The molecule has 132 valence electrons. The van der Waals surface area contributed by atoms with E-state index in [1.54, 1.807) is 48.5 Å². The van der Waals surface area contributed by atoms with Crippen molar-refractivity contribution in [1.29, 1.82) is 0 Å². The van der Waals surface area contributed by atoms with E-state index in [0.29, 0.717) is 20.9 Å². The van der Waals surface area contributed by atoms with Gasteiger partial charge in [-0.2, -0.15) is 0 Å². The second-order valence-corrected chi connectivity index (χ2v) is 7.58. The first-order chi connectivity index (χ1) is 12.6. The SMILES string of the molecule is Cc1ccc(S(=O)c2ccccc2[C@H](O)CC(=O)c2ccccc2)cc1. The number of hydrogen-bond donors (Lipinski definition) is 1. The molecule has 1 unspecified atom stereocenters. The molecule has 3 rings (SSSR count). The standard InChI is InChI=1S/C22H20O3S/c1-16-11-13-18(14-12-16)26(25)22-10-6-5-9-19(22)21(24)15-20(23)17-7-3-2-4-8-17/h2-14,21,24H,15H2,1H3/t21-,26?/m1/s1. The van der Waals surface area contributed by atoms with Crippen molar-refractivity contribution in [3.63, 3.8) is 0 Å². The average Bonchev–Trinajstić information content (AvgIpc) is 2.68.